The Kier molecular flexibility index (Phi) is 12.9. The van der Waals surface area contributed by atoms with E-state index in [0.717, 1.165) is 0 Å². The molecular formula is C33H37F6N5O7. The molecule has 0 bridgehead atoms. The third kappa shape index (κ3) is 10.1. The molecule has 2 atom stereocenters. The van der Waals surface area contributed by atoms with Crippen LogP contribution in [0.2, 0.25) is 0 Å². The van der Waals surface area contributed by atoms with E-state index in [9.17, 15) is 35.9 Å². The van der Waals surface area contributed by atoms with Crippen molar-refractivity contribution in [3.05, 3.63) is 65.1 Å². The number of carbonyl (C=O) groups excluding carboxylic acids is 1. The molecule has 51 heavy (non-hydrogen) atoms. The first-order chi connectivity index (χ1) is 24.2. The molecule has 1 aliphatic rings. The van der Waals surface area contributed by atoms with Crippen molar-refractivity contribution in [1.82, 2.24) is 15.0 Å². The van der Waals surface area contributed by atoms with E-state index in [0.29, 0.717) is 25.0 Å². The van der Waals surface area contributed by atoms with Crippen LogP contribution < -0.4 is 19.3 Å². The number of halogens is 6. The molecule has 1 aliphatic heterocycles. The number of hydrogen-bond acceptors (Lipinski definition) is 10. The maximum atomic E-state index is 13.9. The summed E-state index contributed by atoms with van der Waals surface area (Å²) in [5.41, 5.74) is -2.83. The summed E-state index contributed by atoms with van der Waals surface area (Å²) in [5.74, 6) is -0.687. The molecule has 1 amide bonds. The number of aliphatic carboxylic acids is 1. The van der Waals surface area contributed by atoms with E-state index in [2.05, 4.69) is 15.0 Å². The fourth-order valence-corrected chi connectivity index (χ4v) is 5.56. The number of methoxy groups -OCH3 is 2. The number of carbonyl (C=O) groups is 2. The Bertz CT molecular complexity index is 1610. The Hall–Kier alpha value is -4.87. The molecule has 1 N–H and O–H groups in total. The summed E-state index contributed by atoms with van der Waals surface area (Å²) in [6, 6.07) is 2.89. The number of amides is 1. The summed E-state index contributed by atoms with van der Waals surface area (Å²) >= 11 is 0. The zero-order valence-electron chi connectivity index (χ0n) is 28.0. The van der Waals surface area contributed by atoms with Crippen LogP contribution in [0, 0.1) is 0 Å². The van der Waals surface area contributed by atoms with Crippen LogP contribution in [-0.4, -0.2) is 72.2 Å². The second kappa shape index (κ2) is 16.9. The van der Waals surface area contributed by atoms with E-state index in [1.807, 2.05) is 0 Å². The Morgan fingerprint density at radius 1 is 0.961 bits per heavy atom. The molecule has 0 radical (unpaired) electrons. The number of aromatic nitrogens is 3. The Morgan fingerprint density at radius 2 is 1.63 bits per heavy atom. The van der Waals surface area contributed by atoms with Crippen molar-refractivity contribution >= 4 is 23.7 Å². The largest absolute Gasteiger partial charge is 0.488 e. The number of carboxylic acid groups (broad SMARTS) is 1. The van der Waals surface area contributed by atoms with Gasteiger partial charge in [-0.2, -0.15) is 26.3 Å². The fraction of sp³-hybridized carbons (Fsp3) is 0.485. The molecule has 3 heterocycles. The molecule has 2 aromatic heterocycles. The summed E-state index contributed by atoms with van der Waals surface area (Å²) in [4.78, 5) is 40.4. The molecule has 0 aliphatic carbocycles. The standard InChI is InChI=1S/C33H37F6N5O7/c1-4-23-16-26(29-25(8-9-27(42-29)49-3)44(23)31(47)51-10-6-5-7-28(45)46)43(30-40-17-24(18-41-30)50-12-11-48-2)19-20-13-21(32(34,35)36)15-22(14-20)33(37,38)39/h8-9,13-15,17-18,23,26H,4-7,10-12,16,19H2,1-3H3,(H,45,46)/t23-,26?/m1/s1. The van der Waals surface area contributed by atoms with Gasteiger partial charge in [0, 0.05) is 32.2 Å². The first-order valence-electron chi connectivity index (χ1n) is 15.9. The van der Waals surface area contributed by atoms with E-state index in [1.165, 1.54) is 42.5 Å². The van der Waals surface area contributed by atoms with Crippen molar-refractivity contribution < 1.29 is 60.0 Å². The Balaban J connectivity index is 1.81. The van der Waals surface area contributed by atoms with Gasteiger partial charge in [0.25, 0.3) is 0 Å². The van der Waals surface area contributed by atoms with E-state index >= 15 is 0 Å². The van der Waals surface area contributed by atoms with Crippen LogP contribution in [0.1, 0.15) is 67.5 Å². The fourth-order valence-electron chi connectivity index (χ4n) is 5.56. The number of nitrogens with zero attached hydrogens (tertiary/aromatic N) is 5. The van der Waals surface area contributed by atoms with Crippen LogP contribution in [0.4, 0.5) is 42.8 Å². The highest BCUT2D eigenvalue weighted by Crippen LogP contribution is 2.44. The van der Waals surface area contributed by atoms with Crippen molar-refractivity contribution in [3.8, 4) is 11.6 Å². The summed E-state index contributed by atoms with van der Waals surface area (Å²) in [6.07, 6.45) is -7.34. The van der Waals surface area contributed by atoms with Gasteiger partial charge in [-0.15, -0.1) is 0 Å². The van der Waals surface area contributed by atoms with Crippen molar-refractivity contribution in [1.29, 1.82) is 0 Å². The maximum Gasteiger partial charge on any atom is 0.416 e. The smallest absolute Gasteiger partial charge is 0.416 e. The van der Waals surface area contributed by atoms with Crippen LogP contribution in [0.3, 0.4) is 0 Å². The van der Waals surface area contributed by atoms with Gasteiger partial charge >= 0.3 is 24.4 Å². The Labute approximate surface area is 289 Å². The molecule has 12 nitrogen and oxygen atoms in total. The minimum atomic E-state index is -5.08. The maximum absolute atomic E-state index is 13.9. The van der Waals surface area contributed by atoms with E-state index in [4.69, 9.17) is 24.1 Å². The third-order valence-corrected chi connectivity index (χ3v) is 8.00. The Morgan fingerprint density at radius 3 is 2.20 bits per heavy atom. The first kappa shape index (κ1) is 38.9. The third-order valence-electron chi connectivity index (χ3n) is 8.00. The minimum Gasteiger partial charge on any atom is -0.488 e. The van der Waals surface area contributed by atoms with Crippen molar-refractivity contribution in [2.45, 2.75) is 70.0 Å². The highest BCUT2D eigenvalue weighted by atomic mass is 19.4. The zero-order valence-corrected chi connectivity index (χ0v) is 28.0. The topological polar surface area (TPSA) is 136 Å². The summed E-state index contributed by atoms with van der Waals surface area (Å²) < 4.78 is 104. The van der Waals surface area contributed by atoms with Gasteiger partial charge in [0.2, 0.25) is 11.8 Å². The van der Waals surface area contributed by atoms with Gasteiger partial charge in [-0.3, -0.25) is 9.69 Å². The lowest BCUT2D eigenvalue weighted by Gasteiger charge is -2.43. The van der Waals surface area contributed by atoms with Crippen molar-refractivity contribution in [2.75, 3.05) is 43.8 Å². The number of ether oxygens (including phenoxy) is 4. The van der Waals surface area contributed by atoms with Crippen LogP contribution in [0.5, 0.6) is 11.6 Å². The monoisotopic (exact) mass is 729 g/mol. The molecule has 278 valence electrons. The lowest BCUT2D eigenvalue weighted by atomic mass is 9.92. The van der Waals surface area contributed by atoms with Crippen LogP contribution in [-0.2, 0) is 33.2 Å². The molecule has 3 aromatic rings. The van der Waals surface area contributed by atoms with E-state index in [-0.39, 0.29) is 79.7 Å². The van der Waals surface area contributed by atoms with Gasteiger partial charge in [-0.05, 0) is 55.5 Å². The molecule has 1 unspecified atom stereocenters. The lowest BCUT2D eigenvalue weighted by molar-refractivity contribution is -0.143. The van der Waals surface area contributed by atoms with Crippen LogP contribution >= 0.6 is 0 Å². The zero-order chi connectivity index (χ0) is 37.3. The van der Waals surface area contributed by atoms with Crippen molar-refractivity contribution in [3.63, 3.8) is 0 Å². The predicted octanol–water partition coefficient (Wildman–Crippen LogP) is 7.07. The molecule has 0 spiro atoms. The first-order valence-corrected chi connectivity index (χ1v) is 15.9. The predicted molar refractivity (Wildman–Crippen MR) is 170 cm³/mol. The van der Waals surface area contributed by atoms with Crippen LogP contribution in [0.15, 0.2) is 42.7 Å². The van der Waals surface area contributed by atoms with Gasteiger partial charge in [0.1, 0.15) is 6.61 Å². The molecule has 0 saturated heterocycles. The quantitative estimate of drug-likeness (QED) is 0.127. The van der Waals surface area contributed by atoms with Gasteiger partial charge in [-0.25, -0.2) is 19.7 Å². The van der Waals surface area contributed by atoms with Crippen molar-refractivity contribution in [2.24, 2.45) is 0 Å². The molecule has 0 saturated carbocycles. The molecule has 1 aromatic carbocycles. The van der Waals surface area contributed by atoms with E-state index < -0.39 is 54.2 Å². The van der Waals surface area contributed by atoms with Crippen LogP contribution in [0.25, 0.3) is 0 Å². The summed E-state index contributed by atoms with van der Waals surface area (Å²) in [5, 5.41) is 8.89. The molecule has 0 fully saturated rings. The number of unbranched alkanes of at least 4 members (excludes halogenated alkanes) is 1. The summed E-state index contributed by atoms with van der Waals surface area (Å²) in [7, 11) is 2.84. The highest BCUT2D eigenvalue weighted by Gasteiger charge is 2.42. The summed E-state index contributed by atoms with van der Waals surface area (Å²) in [6.45, 7) is 1.64. The average molecular weight is 730 g/mol. The number of rotatable bonds is 15. The van der Waals surface area contributed by atoms with Gasteiger partial charge in [-0.1, -0.05) is 6.92 Å². The number of alkyl halides is 6. The second-order valence-electron chi connectivity index (χ2n) is 11.5. The van der Waals surface area contributed by atoms with Gasteiger partial charge < -0.3 is 29.0 Å². The number of carboxylic acids is 1. The number of benzene rings is 1. The molecule has 4 rings (SSSR count). The average Bonchev–Trinajstić information content (AvgIpc) is 3.09. The number of fused-ring (bicyclic) bond motifs is 1. The van der Waals surface area contributed by atoms with Gasteiger partial charge in [0.15, 0.2) is 5.75 Å². The van der Waals surface area contributed by atoms with E-state index in [1.54, 1.807) is 13.0 Å². The number of hydrogen-bond donors (Lipinski definition) is 1. The molecule has 18 heteroatoms. The number of pyridine rings is 1. The normalized spacial score (nSPS) is 16.0. The highest BCUT2D eigenvalue weighted by molar-refractivity contribution is 5.90. The lowest BCUT2D eigenvalue weighted by Crippen LogP contribution is -2.48. The second-order valence-corrected chi connectivity index (χ2v) is 11.5. The molecular weight excluding hydrogens is 692 g/mol. The minimum absolute atomic E-state index is 0.0527. The van der Waals surface area contributed by atoms with Gasteiger partial charge in [0.05, 0.1) is 61.3 Å². The number of anilines is 2. The SMILES string of the molecule is CC[C@@H]1CC(N(Cc2cc(C(F)(F)F)cc(C(F)(F)F)c2)c2ncc(OCCOC)cn2)c2nc(OC)ccc2N1C(=O)OCCCCC(=O)O.